The molecule has 0 unspecified atom stereocenters. The maximum absolute atomic E-state index is 11.5. The number of nitrogens with one attached hydrogen (secondary N) is 2. The molecular weight excluding hydrogens is 364 g/mol. The fraction of sp³-hybridized carbons (Fsp3) is 0.350. The molecule has 0 saturated heterocycles. The molecule has 0 aromatic heterocycles. The average molecular weight is 391 g/mol. The van der Waals surface area contributed by atoms with E-state index in [1.807, 2.05) is 0 Å². The summed E-state index contributed by atoms with van der Waals surface area (Å²) >= 11 is 5.30. The molecule has 0 saturated carbocycles. The zero-order chi connectivity index (χ0) is 19.4. The van der Waals surface area contributed by atoms with Gasteiger partial charge in [0.1, 0.15) is 0 Å². The number of thiocarbonyl (C=S) groups is 1. The molecule has 0 spiro atoms. The van der Waals surface area contributed by atoms with Gasteiger partial charge in [0, 0.05) is 19.3 Å². The molecule has 2 N–H and O–H groups in total. The summed E-state index contributed by atoms with van der Waals surface area (Å²) in [5.41, 5.74) is 3.59. The summed E-state index contributed by atoms with van der Waals surface area (Å²) in [6, 6.07) is 15.3. The van der Waals surface area contributed by atoms with Crippen LogP contribution in [0.4, 0.5) is 0 Å². The van der Waals surface area contributed by atoms with Crippen LogP contribution in [0.3, 0.4) is 0 Å². The van der Waals surface area contributed by atoms with Crippen LogP contribution < -0.4 is 10.6 Å². The molecule has 0 radical (unpaired) electrons. The van der Waals surface area contributed by atoms with Gasteiger partial charge in [0.25, 0.3) is 0 Å². The van der Waals surface area contributed by atoms with Gasteiger partial charge in [0.15, 0.2) is 14.9 Å². The summed E-state index contributed by atoms with van der Waals surface area (Å²) in [7, 11) is -3.16. The Kier molecular flexibility index (Phi) is 6.42. The van der Waals surface area contributed by atoms with E-state index in [2.05, 4.69) is 55.7 Å². The molecule has 0 aliphatic rings. The van der Waals surface area contributed by atoms with Crippen molar-refractivity contribution in [3.8, 4) is 0 Å². The highest BCUT2D eigenvalue weighted by atomic mass is 32.2. The Morgan fingerprint density at radius 1 is 0.885 bits per heavy atom. The van der Waals surface area contributed by atoms with Gasteiger partial charge in [-0.15, -0.1) is 0 Å². The van der Waals surface area contributed by atoms with Gasteiger partial charge in [0.05, 0.1) is 4.90 Å². The minimum Gasteiger partial charge on any atom is -0.359 e. The number of hydrogen-bond donors (Lipinski definition) is 2. The molecule has 0 bridgehead atoms. The van der Waals surface area contributed by atoms with Crippen molar-refractivity contribution in [2.75, 3.05) is 6.26 Å². The number of hydrogen-bond acceptors (Lipinski definition) is 3. The largest absolute Gasteiger partial charge is 0.359 e. The monoisotopic (exact) mass is 390 g/mol. The molecule has 2 aromatic carbocycles. The van der Waals surface area contributed by atoms with E-state index in [0.29, 0.717) is 23.1 Å². The molecular formula is C20H26N2O2S2. The molecule has 0 heterocycles. The van der Waals surface area contributed by atoms with E-state index >= 15 is 0 Å². The maximum atomic E-state index is 11.5. The van der Waals surface area contributed by atoms with E-state index in [-0.39, 0.29) is 5.41 Å². The molecule has 0 aliphatic carbocycles. The molecule has 140 valence electrons. The van der Waals surface area contributed by atoms with E-state index in [1.54, 1.807) is 24.3 Å². The van der Waals surface area contributed by atoms with Crippen LogP contribution in [0.25, 0.3) is 0 Å². The van der Waals surface area contributed by atoms with Gasteiger partial charge >= 0.3 is 0 Å². The quantitative estimate of drug-likeness (QED) is 0.765. The van der Waals surface area contributed by atoms with Crippen LogP contribution in [0, 0.1) is 0 Å². The number of benzene rings is 2. The lowest BCUT2D eigenvalue weighted by molar-refractivity contribution is 0.590. The van der Waals surface area contributed by atoms with Crippen molar-refractivity contribution in [1.82, 2.24) is 10.6 Å². The van der Waals surface area contributed by atoms with E-state index in [0.717, 1.165) is 5.56 Å². The Morgan fingerprint density at radius 3 is 1.69 bits per heavy atom. The van der Waals surface area contributed by atoms with Crippen LogP contribution in [0.2, 0.25) is 0 Å². The summed E-state index contributed by atoms with van der Waals surface area (Å²) < 4.78 is 22.9. The second kappa shape index (κ2) is 8.18. The van der Waals surface area contributed by atoms with E-state index < -0.39 is 9.84 Å². The van der Waals surface area contributed by atoms with Crippen LogP contribution in [0.1, 0.15) is 37.5 Å². The summed E-state index contributed by atoms with van der Waals surface area (Å²) in [6.07, 6.45) is 1.20. The summed E-state index contributed by atoms with van der Waals surface area (Å²) in [5.74, 6) is 0. The van der Waals surface area contributed by atoms with Gasteiger partial charge in [0.2, 0.25) is 0 Å². The third kappa shape index (κ3) is 6.11. The first-order valence-electron chi connectivity index (χ1n) is 8.46. The van der Waals surface area contributed by atoms with Crippen molar-refractivity contribution in [2.45, 2.75) is 44.2 Å². The van der Waals surface area contributed by atoms with Crippen molar-refractivity contribution < 1.29 is 8.42 Å². The second-order valence-electron chi connectivity index (χ2n) is 7.40. The Bertz CT molecular complexity index is 850. The minimum atomic E-state index is -3.16. The van der Waals surface area contributed by atoms with Gasteiger partial charge in [-0.1, -0.05) is 57.2 Å². The van der Waals surface area contributed by atoms with Gasteiger partial charge in [-0.25, -0.2) is 8.42 Å². The van der Waals surface area contributed by atoms with Gasteiger partial charge in [-0.3, -0.25) is 0 Å². The normalized spacial score (nSPS) is 11.8. The molecule has 0 aliphatic heterocycles. The van der Waals surface area contributed by atoms with E-state index in [9.17, 15) is 8.42 Å². The summed E-state index contributed by atoms with van der Waals surface area (Å²) in [6.45, 7) is 7.79. The Balaban J connectivity index is 1.82. The zero-order valence-corrected chi connectivity index (χ0v) is 17.3. The smallest absolute Gasteiger partial charge is 0.175 e. The van der Waals surface area contributed by atoms with E-state index in [1.165, 1.54) is 17.4 Å². The highest BCUT2D eigenvalue weighted by molar-refractivity contribution is 7.90. The summed E-state index contributed by atoms with van der Waals surface area (Å²) in [5, 5.41) is 6.89. The molecule has 26 heavy (non-hydrogen) atoms. The minimum absolute atomic E-state index is 0.148. The van der Waals surface area contributed by atoms with Crippen LogP contribution in [0.5, 0.6) is 0 Å². The third-order valence-electron chi connectivity index (χ3n) is 4.08. The molecule has 2 rings (SSSR count). The van der Waals surface area contributed by atoms with Gasteiger partial charge in [-0.2, -0.15) is 0 Å². The lowest BCUT2D eigenvalue weighted by Crippen LogP contribution is -2.34. The average Bonchev–Trinajstić information content (AvgIpc) is 2.57. The van der Waals surface area contributed by atoms with Crippen molar-refractivity contribution >= 4 is 27.2 Å². The first-order valence-corrected chi connectivity index (χ1v) is 10.8. The van der Waals surface area contributed by atoms with Crippen LogP contribution in [-0.4, -0.2) is 19.8 Å². The SMILES string of the molecule is CC(C)(C)c1ccc(CNC(=S)NCc2ccc(S(C)(=O)=O)cc2)cc1. The van der Waals surface area contributed by atoms with Crippen molar-refractivity contribution in [3.05, 3.63) is 65.2 Å². The van der Waals surface area contributed by atoms with Crippen molar-refractivity contribution in [2.24, 2.45) is 0 Å². The Hall–Kier alpha value is -1.92. The number of rotatable bonds is 5. The first kappa shape index (κ1) is 20.4. The first-order chi connectivity index (χ1) is 12.1. The van der Waals surface area contributed by atoms with Gasteiger partial charge < -0.3 is 10.6 Å². The molecule has 0 amide bonds. The standard InChI is InChI=1S/C20H26N2O2S2/c1-20(2,3)17-9-5-15(6-10-17)13-21-19(25)22-14-16-7-11-18(12-8-16)26(4,23)24/h5-12H,13-14H2,1-4H3,(H2,21,22,25). The van der Waals surface area contributed by atoms with E-state index in [4.69, 9.17) is 12.2 Å². The zero-order valence-electron chi connectivity index (χ0n) is 15.7. The van der Waals surface area contributed by atoms with Crippen LogP contribution >= 0.6 is 12.2 Å². The molecule has 6 heteroatoms. The Labute approximate surface area is 161 Å². The third-order valence-corrected chi connectivity index (χ3v) is 5.49. The summed E-state index contributed by atoms with van der Waals surface area (Å²) in [4.78, 5) is 0.320. The second-order valence-corrected chi connectivity index (χ2v) is 9.82. The molecule has 2 aromatic rings. The van der Waals surface area contributed by atoms with Crippen molar-refractivity contribution in [3.63, 3.8) is 0 Å². The van der Waals surface area contributed by atoms with Crippen LogP contribution in [0.15, 0.2) is 53.4 Å². The lowest BCUT2D eigenvalue weighted by Gasteiger charge is -2.19. The van der Waals surface area contributed by atoms with Crippen LogP contribution in [-0.2, 0) is 28.3 Å². The van der Waals surface area contributed by atoms with Gasteiger partial charge in [-0.05, 0) is 46.5 Å². The lowest BCUT2D eigenvalue weighted by atomic mass is 9.87. The molecule has 0 fully saturated rings. The number of sulfone groups is 1. The molecule has 4 nitrogen and oxygen atoms in total. The highest BCUT2D eigenvalue weighted by Crippen LogP contribution is 2.22. The fourth-order valence-electron chi connectivity index (χ4n) is 2.40. The van der Waals surface area contributed by atoms with Crippen molar-refractivity contribution in [1.29, 1.82) is 0 Å². The predicted molar refractivity (Wildman–Crippen MR) is 111 cm³/mol. The Morgan fingerprint density at radius 2 is 1.31 bits per heavy atom. The maximum Gasteiger partial charge on any atom is 0.175 e. The predicted octanol–water partition coefficient (Wildman–Crippen LogP) is 3.55. The molecule has 0 atom stereocenters. The highest BCUT2D eigenvalue weighted by Gasteiger charge is 2.12. The topological polar surface area (TPSA) is 58.2 Å². The fourth-order valence-corrected chi connectivity index (χ4v) is 3.18.